The van der Waals surface area contributed by atoms with Crippen LogP contribution in [0.15, 0.2) is 0 Å². The van der Waals surface area contributed by atoms with Gasteiger partial charge in [-0.1, -0.05) is 6.42 Å². The molecule has 1 nitrogen and oxygen atoms in total. The lowest BCUT2D eigenvalue weighted by Crippen LogP contribution is -2.31. The Bertz CT molecular complexity index is 368. The van der Waals surface area contributed by atoms with Crippen molar-refractivity contribution in [3.8, 4) is 0 Å². The Morgan fingerprint density at radius 3 is 2.15 bits per heavy atom. The fourth-order valence-electron chi connectivity index (χ4n) is 4.79. The third kappa shape index (κ3) is 2.89. The summed E-state index contributed by atoms with van der Waals surface area (Å²) in [4.78, 5) is 12.3. The zero-order chi connectivity index (χ0) is 14.3. The first kappa shape index (κ1) is 14.4. The lowest BCUT2D eigenvalue weighted by atomic mass is 9.76. The van der Waals surface area contributed by atoms with Crippen LogP contribution in [0.4, 0.5) is 13.2 Å². The van der Waals surface area contributed by atoms with Gasteiger partial charge in [-0.25, -0.2) is 0 Å². The van der Waals surface area contributed by atoms with Crippen molar-refractivity contribution in [2.45, 2.75) is 64.0 Å². The topological polar surface area (TPSA) is 17.1 Å². The average molecular weight is 288 g/mol. The molecule has 20 heavy (non-hydrogen) atoms. The number of alkyl halides is 3. The van der Waals surface area contributed by atoms with E-state index in [2.05, 4.69) is 0 Å². The number of hydrogen-bond acceptors (Lipinski definition) is 1. The molecule has 3 fully saturated rings. The van der Waals surface area contributed by atoms with Crippen molar-refractivity contribution in [2.24, 2.45) is 29.6 Å². The molecule has 3 saturated carbocycles. The normalized spacial score (nSPS) is 41.0. The Morgan fingerprint density at radius 2 is 1.65 bits per heavy atom. The second-order valence-electron chi connectivity index (χ2n) is 7.20. The van der Waals surface area contributed by atoms with Gasteiger partial charge in [0, 0.05) is 12.3 Å². The molecule has 0 N–H and O–H groups in total. The van der Waals surface area contributed by atoms with E-state index in [1.807, 2.05) is 0 Å². The molecule has 0 aliphatic heterocycles. The van der Waals surface area contributed by atoms with Crippen molar-refractivity contribution in [2.75, 3.05) is 0 Å². The largest absolute Gasteiger partial charge is 0.391 e. The second-order valence-corrected chi connectivity index (χ2v) is 7.20. The first-order valence-corrected chi connectivity index (χ1v) is 8.03. The number of fused-ring (bicyclic) bond motifs is 2. The molecule has 0 aromatic carbocycles. The summed E-state index contributed by atoms with van der Waals surface area (Å²) in [7, 11) is 0. The fraction of sp³-hybridized carbons (Fsp3) is 0.938. The SMILES string of the molecule is O=C(CC1CC2CCC1C2)C1CCC(C(F)(F)F)CC1. The first-order valence-electron chi connectivity index (χ1n) is 8.03. The highest BCUT2D eigenvalue weighted by Gasteiger charge is 2.44. The molecule has 114 valence electrons. The van der Waals surface area contributed by atoms with Gasteiger partial charge >= 0.3 is 6.18 Å². The Morgan fingerprint density at radius 1 is 0.950 bits per heavy atom. The number of carbonyl (C=O) groups is 1. The van der Waals surface area contributed by atoms with Gasteiger partial charge in [-0.15, -0.1) is 0 Å². The maximum Gasteiger partial charge on any atom is 0.391 e. The molecular weight excluding hydrogens is 265 g/mol. The first-order chi connectivity index (χ1) is 9.43. The zero-order valence-corrected chi connectivity index (χ0v) is 11.8. The van der Waals surface area contributed by atoms with Crippen LogP contribution < -0.4 is 0 Å². The number of hydrogen-bond donors (Lipinski definition) is 0. The van der Waals surface area contributed by atoms with Gasteiger partial charge in [-0.3, -0.25) is 4.79 Å². The molecule has 0 radical (unpaired) electrons. The van der Waals surface area contributed by atoms with Crippen molar-refractivity contribution in [3.63, 3.8) is 0 Å². The van der Waals surface area contributed by atoms with Crippen LogP contribution in [-0.2, 0) is 4.79 Å². The maximum absolute atomic E-state index is 12.6. The van der Waals surface area contributed by atoms with Crippen LogP contribution in [0, 0.1) is 29.6 Å². The van der Waals surface area contributed by atoms with E-state index in [-0.39, 0.29) is 24.5 Å². The molecule has 0 aromatic rings. The molecule has 3 atom stereocenters. The Labute approximate surface area is 118 Å². The highest BCUT2D eigenvalue weighted by Crippen LogP contribution is 2.50. The summed E-state index contributed by atoms with van der Waals surface area (Å²) in [5.74, 6) is 1.10. The molecule has 0 aromatic heterocycles. The minimum atomic E-state index is -4.07. The molecule has 0 heterocycles. The van der Waals surface area contributed by atoms with Crippen molar-refractivity contribution in [3.05, 3.63) is 0 Å². The lowest BCUT2D eigenvalue weighted by molar-refractivity contribution is -0.184. The number of Topliss-reactive ketones (excluding diaryl/α,β-unsaturated/α-hetero) is 1. The van der Waals surface area contributed by atoms with Gasteiger partial charge in [0.15, 0.2) is 0 Å². The molecule has 0 saturated heterocycles. The van der Waals surface area contributed by atoms with Crippen molar-refractivity contribution in [1.82, 2.24) is 0 Å². The van der Waals surface area contributed by atoms with Crippen LogP contribution >= 0.6 is 0 Å². The zero-order valence-electron chi connectivity index (χ0n) is 11.8. The van der Waals surface area contributed by atoms with Gasteiger partial charge in [0.1, 0.15) is 5.78 Å². The van der Waals surface area contributed by atoms with Gasteiger partial charge in [-0.05, 0) is 62.7 Å². The minimum absolute atomic E-state index is 0.0901. The van der Waals surface area contributed by atoms with E-state index in [0.29, 0.717) is 25.2 Å². The number of ketones is 1. The quantitative estimate of drug-likeness (QED) is 0.732. The van der Waals surface area contributed by atoms with Gasteiger partial charge in [0.25, 0.3) is 0 Å². The Hall–Kier alpha value is -0.540. The molecule has 3 unspecified atom stereocenters. The Kier molecular flexibility index (Phi) is 3.85. The standard InChI is InChI=1S/C16H23F3O/c17-16(18,19)14-5-3-11(4-6-14)15(20)9-13-8-10-1-2-12(13)7-10/h10-14H,1-9H2. The lowest BCUT2D eigenvalue weighted by Gasteiger charge is -2.30. The highest BCUT2D eigenvalue weighted by molar-refractivity contribution is 5.81. The van der Waals surface area contributed by atoms with Crippen LogP contribution in [-0.4, -0.2) is 12.0 Å². The summed E-state index contributed by atoms with van der Waals surface area (Å²) in [6, 6.07) is 0. The maximum atomic E-state index is 12.6. The third-order valence-electron chi connectivity index (χ3n) is 5.99. The van der Waals surface area contributed by atoms with E-state index in [4.69, 9.17) is 0 Å². The minimum Gasteiger partial charge on any atom is -0.299 e. The third-order valence-corrected chi connectivity index (χ3v) is 5.99. The van der Waals surface area contributed by atoms with E-state index in [0.717, 1.165) is 11.8 Å². The smallest absolute Gasteiger partial charge is 0.299 e. The summed E-state index contributed by atoms with van der Waals surface area (Å²) >= 11 is 0. The Balaban J connectivity index is 1.47. The van der Waals surface area contributed by atoms with Gasteiger partial charge in [0.05, 0.1) is 5.92 Å². The molecule has 2 bridgehead atoms. The molecule has 3 aliphatic carbocycles. The van der Waals surface area contributed by atoms with Gasteiger partial charge < -0.3 is 0 Å². The molecule has 3 aliphatic rings. The van der Waals surface area contributed by atoms with E-state index in [9.17, 15) is 18.0 Å². The van der Waals surface area contributed by atoms with Crippen LogP contribution in [0.5, 0.6) is 0 Å². The van der Waals surface area contributed by atoms with Crippen LogP contribution in [0.2, 0.25) is 0 Å². The predicted molar refractivity (Wildman–Crippen MR) is 70.1 cm³/mol. The molecule has 4 heteroatoms. The van der Waals surface area contributed by atoms with E-state index >= 15 is 0 Å². The monoisotopic (exact) mass is 288 g/mol. The number of rotatable bonds is 3. The summed E-state index contributed by atoms with van der Waals surface area (Å²) in [5.41, 5.74) is 0. The molecule has 0 spiro atoms. The van der Waals surface area contributed by atoms with E-state index < -0.39 is 12.1 Å². The van der Waals surface area contributed by atoms with Crippen LogP contribution in [0.1, 0.15) is 57.8 Å². The summed E-state index contributed by atoms with van der Waals surface area (Å²) < 4.78 is 37.8. The molecule has 3 rings (SSSR count). The predicted octanol–water partition coefficient (Wildman–Crippen LogP) is 4.75. The van der Waals surface area contributed by atoms with Crippen molar-refractivity contribution < 1.29 is 18.0 Å². The summed E-state index contributed by atoms with van der Waals surface area (Å²) in [6.45, 7) is 0. The highest BCUT2D eigenvalue weighted by atomic mass is 19.4. The molecule has 0 amide bonds. The van der Waals surface area contributed by atoms with Crippen molar-refractivity contribution in [1.29, 1.82) is 0 Å². The second kappa shape index (κ2) is 5.34. The van der Waals surface area contributed by atoms with Crippen LogP contribution in [0.3, 0.4) is 0 Å². The number of halogens is 3. The van der Waals surface area contributed by atoms with Crippen molar-refractivity contribution >= 4 is 5.78 Å². The molecular formula is C16H23F3O. The fourth-order valence-corrected chi connectivity index (χ4v) is 4.79. The number of carbonyl (C=O) groups excluding carboxylic acids is 1. The van der Waals surface area contributed by atoms with Crippen LogP contribution in [0.25, 0.3) is 0 Å². The summed E-state index contributed by atoms with van der Waals surface area (Å²) in [6.07, 6.45) is 2.84. The van der Waals surface area contributed by atoms with Gasteiger partial charge in [0.2, 0.25) is 0 Å². The van der Waals surface area contributed by atoms with Gasteiger partial charge in [-0.2, -0.15) is 13.2 Å². The van der Waals surface area contributed by atoms with E-state index in [1.54, 1.807) is 0 Å². The summed E-state index contributed by atoms with van der Waals surface area (Å²) in [5, 5.41) is 0. The van der Waals surface area contributed by atoms with E-state index in [1.165, 1.54) is 25.7 Å². The average Bonchev–Trinajstić information content (AvgIpc) is 3.00.